The molecule has 6 nitrogen and oxygen atoms in total. The van der Waals surface area contributed by atoms with Crippen LogP contribution in [0.3, 0.4) is 0 Å². The van der Waals surface area contributed by atoms with Crippen molar-refractivity contribution in [3.8, 4) is 5.75 Å². The van der Waals surface area contributed by atoms with Crippen molar-refractivity contribution in [2.75, 3.05) is 26.9 Å². The quantitative estimate of drug-likeness (QED) is 0.755. The topological polar surface area (TPSA) is 60.6 Å². The molecule has 1 unspecified atom stereocenters. The Morgan fingerprint density at radius 1 is 1.15 bits per heavy atom. The molecular formula is C20H26ClN3O3. The van der Waals surface area contributed by atoms with Gasteiger partial charge in [-0.05, 0) is 56.0 Å². The van der Waals surface area contributed by atoms with Crippen molar-refractivity contribution >= 4 is 11.6 Å². The SMILES string of the molecule is COc1ccc(Cl)c(CN2CCCCC2c2nnc(C3CCOCC3)o2)c1. The maximum atomic E-state index is 6.43. The first-order valence-corrected chi connectivity index (χ1v) is 10.1. The number of methoxy groups -OCH3 is 1. The van der Waals surface area contributed by atoms with E-state index in [0.29, 0.717) is 5.92 Å². The third-order valence-corrected chi connectivity index (χ3v) is 5.92. The lowest BCUT2D eigenvalue weighted by molar-refractivity contribution is 0.0768. The Morgan fingerprint density at radius 3 is 2.78 bits per heavy atom. The van der Waals surface area contributed by atoms with Crippen LogP contribution in [0.15, 0.2) is 22.6 Å². The number of aromatic nitrogens is 2. The van der Waals surface area contributed by atoms with Gasteiger partial charge in [-0.15, -0.1) is 10.2 Å². The second-order valence-corrected chi connectivity index (χ2v) is 7.71. The Morgan fingerprint density at radius 2 is 1.96 bits per heavy atom. The molecule has 1 atom stereocenters. The summed E-state index contributed by atoms with van der Waals surface area (Å²) < 4.78 is 16.9. The molecule has 3 heterocycles. The highest BCUT2D eigenvalue weighted by atomic mass is 35.5. The first kappa shape index (κ1) is 18.7. The number of benzene rings is 1. The zero-order valence-corrected chi connectivity index (χ0v) is 16.5. The Hall–Kier alpha value is -1.63. The predicted octanol–water partition coefficient (Wildman–Crippen LogP) is 4.35. The molecule has 1 aromatic carbocycles. The number of piperidine rings is 1. The van der Waals surface area contributed by atoms with Crippen LogP contribution in [0.5, 0.6) is 5.75 Å². The van der Waals surface area contributed by atoms with Crippen LogP contribution >= 0.6 is 11.6 Å². The van der Waals surface area contributed by atoms with Gasteiger partial charge < -0.3 is 13.9 Å². The second-order valence-electron chi connectivity index (χ2n) is 7.30. The molecule has 0 amide bonds. The maximum Gasteiger partial charge on any atom is 0.233 e. The van der Waals surface area contributed by atoms with E-state index in [1.165, 1.54) is 12.8 Å². The van der Waals surface area contributed by atoms with E-state index in [1.807, 2.05) is 18.2 Å². The van der Waals surface area contributed by atoms with Crippen LogP contribution in [-0.2, 0) is 11.3 Å². The van der Waals surface area contributed by atoms with Crippen LogP contribution in [0.2, 0.25) is 5.02 Å². The van der Waals surface area contributed by atoms with Gasteiger partial charge >= 0.3 is 0 Å². The van der Waals surface area contributed by atoms with E-state index in [9.17, 15) is 0 Å². The van der Waals surface area contributed by atoms with Gasteiger partial charge in [-0.3, -0.25) is 4.90 Å². The number of hydrogen-bond donors (Lipinski definition) is 0. The van der Waals surface area contributed by atoms with Crippen molar-refractivity contribution in [3.63, 3.8) is 0 Å². The van der Waals surface area contributed by atoms with Crippen molar-refractivity contribution in [3.05, 3.63) is 40.6 Å². The Bertz CT molecular complexity index is 761. The van der Waals surface area contributed by atoms with E-state index in [1.54, 1.807) is 7.11 Å². The molecule has 0 N–H and O–H groups in total. The molecule has 1 aromatic heterocycles. The summed E-state index contributed by atoms with van der Waals surface area (Å²) >= 11 is 6.43. The first-order chi connectivity index (χ1) is 13.2. The number of ether oxygens (including phenoxy) is 2. The van der Waals surface area contributed by atoms with E-state index >= 15 is 0 Å². The Balaban J connectivity index is 1.52. The van der Waals surface area contributed by atoms with Gasteiger partial charge in [-0.1, -0.05) is 18.0 Å². The maximum absolute atomic E-state index is 6.43. The lowest BCUT2D eigenvalue weighted by Crippen LogP contribution is -2.33. The average molecular weight is 392 g/mol. The summed E-state index contributed by atoms with van der Waals surface area (Å²) in [6.07, 6.45) is 5.27. The summed E-state index contributed by atoms with van der Waals surface area (Å²) in [6, 6.07) is 5.93. The van der Waals surface area contributed by atoms with Crippen molar-refractivity contribution in [2.24, 2.45) is 0 Å². The third kappa shape index (κ3) is 4.28. The summed E-state index contributed by atoms with van der Waals surface area (Å²) in [5, 5.41) is 9.52. The van der Waals surface area contributed by atoms with Crippen LogP contribution in [0.25, 0.3) is 0 Å². The molecule has 27 heavy (non-hydrogen) atoms. The summed E-state index contributed by atoms with van der Waals surface area (Å²) in [6.45, 7) is 3.28. The fourth-order valence-corrected chi connectivity index (χ4v) is 4.15. The fourth-order valence-electron chi connectivity index (χ4n) is 3.97. The zero-order valence-electron chi connectivity index (χ0n) is 15.7. The molecule has 2 saturated heterocycles. The van der Waals surface area contributed by atoms with Crippen LogP contribution in [-0.4, -0.2) is 42.0 Å². The van der Waals surface area contributed by atoms with Gasteiger partial charge in [0.2, 0.25) is 11.8 Å². The molecular weight excluding hydrogens is 366 g/mol. The molecule has 0 bridgehead atoms. The molecule has 4 rings (SSSR count). The molecule has 7 heteroatoms. The molecule has 2 aromatic rings. The van der Waals surface area contributed by atoms with E-state index in [4.69, 9.17) is 25.5 Å². The fraction of sp³-hybridized carbons (Fsp3) is 0.600. The Kier molecular flexibility index (Phi) is 5.95. The largest absolute Gasteiger partial charge is 0.497 e. The average Bonchev–Trinajstić information content (AvgIpc) is 3.21. The Labute approximate surface area is 164 Å². The predicted molar refractivity (Wildman–Crippen MR) is 102 cm³/mol. The number of rotatable bonds is 5. The normalized spacial score (nSPS) is 22.1. The van der Waals surface area contributed by atoms with Gasteiger partial charge in [0.25, 0.3) is 0 Å². The molecule has 2 fully saturated rings. The summed E-state index contributed by atoms with van der Waals surface area (Å²) in [7, 11) is 1.67. The van der Waals surface area contributed by atoms with Gasteiger partial charge in [0, 0.05) is 30.7 Å². The highest BCUT2D eigenvalue weighted by Crippen LogP contribution is 2.35. The van der Waals surface area contributed by atoms with E-state index in [2.05, 4.69) is 15.1 Å². The van der Waals surface area contributed by atoms with Crippen LogP contribution in [0, 0.1) is 0 Å². The minimum absolute atomic E-state index is 0.141. The van der Waals surface area contributed by atoms with E-state index < -0.39 is 0 Å². The third-order valence-electron chi connectivity index (χ3n) is 5.55. The van der Waals surface area contributed by atoms with E-state index in [0.717, 1.165) is 73.7 Å². The van der Waals surface area contributed by atoms with Crippen LogP contribution in [0.4, 0.5) is 0 Å². The molecule has 0 spiro atoms. The van der Waals surface area contributed by atoms with Crippen LogP contribution in [0.1, 0.15) is 61.4 Å². The van der Waals surface area contributed by atoms with Crippen LogP contribution < -0.4 is 4.74 Å². The number of hydrogen-bond acceptors (Lipinski definition) is 6. The van der Waals surface area contributed by atoms with E-state index in [-0.39, 0.29) is 6.04 Å². The number of likely N-dealkylation sites (tertiary alicyclic amines) is 1. The van der Waals surface area contributed by atoms with Gasteiger partial charge in [-0.2, -0.15) is 0 Å². The minimum Gasteiger partial charge on any atom is -0.497 e. The number of halogens is 1. The van der Waals surface area contributed by atoms with Gasteiger partial charge in [-0.25, -0.2) is 0 Å². The van der Waals surface area contributed by atoms with Crippen molar-refractivity contribution < 1.29 is 13.9 Å². The van der Waals surface area contributed by atoms with Crippen molar-refractivity contribution in [1.29, 1.82) is 0 Å². The van der Waals surface area contributed by atoms with Crippen molar-refractivity contribution in [2.45, 2.75) is 50.6 Å². The number of nitrogens with zero attached hydrogens (tertiary/aromatic N) is 3. The first-order valence-electron chi connectivity index (χ1n) is 9.72. The molecule has 146 valence electrons. The lowest BCUT2D eigenvalue weighted by Gasteiger charge is -2.33. The monoisotopic (exact) mass is 391 g/mol. The molecule has 0 radical (unpaired) electrons. The molecule has 2 aliphatic heterocycles. The molecule has 0 aliphatic carbocycles. The van der Waals surface area contributed by atoms with Crippen molar-refractivity contribution in [1.82, 2.24) is 15.1 Å². The minimum atomic E-state index is 0.141. The zero-order chi connectivity index (χ0) is 18.6. The molecule has 0 saturated carbocycles. The summed E-state index contributed by atoms with van der Waals surface area (Å²) in [5.41, 5.74) is 1.06. The summed E-state index contributed by atoms with van der Waals surface area (Å²) in [4.78, 5) is 2.39. The van der Waals surface area contributed by atoms with Gasteiger partial charge in [0.15, 0.2) is 0 Å². The molecule has 2 aliphatic rings. The van der Waals surface area contributed by atoms with Gasteiger partial charge in [0.05, 0.1) is 13.2 Å². The smallest absolute Gasteiger partial charge is 0.233 e. The summed E-state index contributed by atoms with van der Waals surface area (Å²) in [5.74, 6) is 2.64. The highest BCUT2D eigenvalue weighted by molar-refractivity contribution is 6.31. The second kappa shape index (κ2) is 8.59. The standard InChI is InChI=1S/C20H26ClN3O3/c1-25-16-5-6-17(21)15(12-16)13-24-9-3-2-4-18(24)20-23-22-19(27-20)14-7-10-26-11-8-14/h5-6,12,14,18H,2-4,7-11,13H2,1H3. The highest BCUT2D eigenvalue weighted by Gasteiger charge is 2.30. The van der Waals surface area contributed by atoms with Gasteiger partial charge in [0.1, 0.15) is 5.75 Å². The lowest BCUT2D eigenvalue weighted by atomic mass is 10.0.